The van der Waals surface area contributed by atoms with Gasteiger partial charge in [0.1, 0.15) is 24.1 Å². The molecule has 0 bridgehead atoms. The van der Waals surface area contributed by atoms with E-state index in [2.05, 4.69) is 0 Å². The maximum absolute atomic E-state index is 13.5. The Morgan fingerprint density at radius 1 is 0.757 bits per heavy atom. The Hall–Kier alpha value is -4.00. The third-order valence-electron chi connectivity index (χ3n) is 5.63. The first-order chi connectivity index (χ1) is 18.0. The third-order valence-corrected chi connectivity index (χ3v) is 5.63. The molecule has 37 heavy (non-hydrogen) atoms. The number of rotatable bonds is 13. The first-order valence-corrected chi connectivity index (χ1v) is 12.6. The molecule has 0 saturated heterocycles. The third kappa shape index (κ3) is 8.27. The highest BCUT2D eigenvalue weighted by atomic mass is 16.6. The second kappa shape index (κ2) is 14.5. The van der Waals surface area contributed by atoms with Gasteiger partial charge in [0.2, 0.25) is 0 Å². The van der Waals surface area contributed by atoms with Gasteiger partial charge in [0, 0.05) is 19.0 Å². The lowest BCUT2D eigenvalue weighted by Crippen LogP contribution is -2.47. The largest absolute Gasteiger partial charge is 0.494 e. The molecule has 196 valence electrons. The molecule has 3 aromatic carbocycles. The maximum Gasteiger partial charge on any atom is 0.411 e. The highest BCUT2D eigenvalue weighted by Gasteiger charge is 2.33. The fourth-order valence-electron chi connectivity index (χ4n) is 3.90. The van der Waals surface area contributed by atoms with Gasteiger partial charge in [-0.15, -0.1) is 0 Å². The predicted molar refractivity (Wildman–Crippen MR) is 142 cm³/mol. The van der Waals surface area contributed by atoms with Crippen LogP contribution in [0.15, 0.2) is 78.9 Å². The quantitative estimate of drug-likeness (QED) is 0.274. The first kappa shape index (κ1) is 27.6. The van der Waals surface area contributed by atoms with Gasteiger partial charge in [-0.3, -0.25) is 4.90 Å². The smallest absolute Gasteiger partial charge is 0.411 e. The fraction of sp³-hybridized carbons (Fsp3) is 0.333. The highest BCUT2D eigenvalue weighted by molar-refractivity contribution is 5.82. The molecule has 1 atom stereocenters. The molecule has 3 rings (SSSR count). The minimum absolute atomic E-state index is 0.0910. The molecule has 0 fully saturated rings. The number of esters is 1. The molecule has 3 aromatic rings. The lowest BCUT2D eigenvalue weighted by atomic mass is 10.0. The fourth-order valence-corrected chi connectivity index (χ4v) is 3.90. The van der Waals surface area contributed by atoms with Gasteiger partial charge < -0.3 is 18.9 Å². The van der Waals surface area contributed by atoms with E-state index in [4.69, 9.17) is 18.9 Å². The number of carbonyl (C=O) groups is 2. The summed E-state index contributed by atoms with van der Waals surface area (Å²) >= 11 is 0. The van der Waals surface area contributed by atoms with Crippen LogP contribution in [0.5, 0.6) is 11.5 Å². The molecule has 0 spiro atoms. The van der Waals surface area contributed by atoms with E-state index in [9.17, 15) is 9.59 Å². The van der Waals surface area contributed by atoms with Gasteiger partial charge in [0.15, 0.2) is 0 Å². The summed E-state index contributed by atoms with van der Waals surface area (Å²) in [6, 6.07) is 23.5. The number of carbonyl (C=O) groups excluding carboxylic acids is 2. The van der Waals surface area contributed by atoms with Crippen molar-refractivity contribution < 1.29 is 28.5 Å². The van der Waals surface area contributed by atoms with Crippen LogP contribution >= 0.6 is 0 Å². The minimum Gasteiger partial charge on any atom is -0.494 e. The van der Waals surface area contributed by atoms with Crippen LogP contribution in [0.3, 0.4) is 0 Å². The van der Waals surface area contributed by atoms with Crippen molar-refractivity contribution in [1.29, 1.82) is 0 Å². The van der Waals surface area contributed by atoms with Crippen molar-refractivity contribution >= 4 is 12.1 Å². The molecular formula is C30H35NO6. The van der Waals surface area contributed by atoms with Crippen LogP contribution in [0.1, 0.15) is 37.5 Å². The number of benzene rings is 3. The number of nitrogens with zero attached hydrogens (tertiary/aromatic N) is 1. The van der Waals surface area contributed by atoms with Gasteiger partial charge in [-0.1, -0.05) is 66.7 Å². The average molecular weight is 506 g/mol. The monoisotopic (exact) mass is 505 g/mol. The Kier molecular flexibility index (Phi) is 10.8. The van der Waals surface area contributed by atoms with Crippen LogP contribution in [-0.2, 0) is 33.8 Å². The molecule has 7 heteroatoms. The average Bonchev–Trinajstić information content (AvgIpc) is 2.92. The Bertz CT molecular complexity index is 1120. The summed E-state index contributed by atoms with van der Waals surface area (Å²) in [7, 11) is 0. The molecule has 0 aliphatic rings. The zero-order valence-corrected chi connectivity index (χ0v) is 21.7. The minimum atomic E-state index is -0.930. The normalized spacial score (nSPS) is 11.3. The van der Waals surface area contributed by atoms with E-state index in [-0.39, 0.29) is 26.2 Å². The summed E-state index contributed by atoms with van der Waals surface area (Å²) in [5.41, 5.74) is 2.48. The van der Waals surface area contributed by atoms with Crippen LogP contribution in [0.25, 0.3) is 0 Å². The van der Waals surface area contributed by atoms with Gasteiger partial charge in [-0.2, -0.15) is 0 Å². The first-order valence-electron chi connectivity index (χ1n) is 12.6. The van der Waals surface area contributed by atoms with Crippen molar-refractivity contribution in [2.45, 2.75) is 46.4 Å². The summed E-state index contributed by atoms with van der Waals surface area (Å²) in [6.07, 6.45) is -0.414. The summed E-state index contributed by atoms with van der Waals surface area (Å²) in [6.45, 7) is 6.97. The summed E-state index contributed by atoms with van der Waals surface area (Å²) in [5, 5.41) is 0. The molecule has 1 amide bonds. The summed E-state index contributed by atoms with van der Waals surface area (Å²) < 4.78 is 22.6. The van der Waals surface area contributed by atoms with Crippen LogP contribution < -0.4 is 9.47 Å². The van der Waals surface area contributed by atoms with E-state index in [1.807, 2.05) is 86.6 Å². The Balaban J connectivity index is 1.94. The molecule has 7 nitrogen and oxygen atoms in total. The van der Waals surface area contributed by atoms with Gasteiger partial charge in [-0.05, 0) is 43.5 Å². The number of hydrogen-bond donors (Lipinski definition) is 0. The molecule has 0 heterocycles. The van der Waals surface area contributed by atoms with Crippen molar-refractivity contribution in [1.82, 2.24) is 4.90 Å². The Morgan fingerprint density at radius 3 is 2.03 bits per heavy atom. The summed E-state index contributed by atoms with van der Waals surface area (Å²) in [5.74, 6) is 0.761. The topological polar surface area (TPSA) is 74.3 Å². The lowest BCUT2D eigenvalue weighted by molar-refractivity contribution is -0.149. The van der Waals surface area contributed by atoms with Crippen LogP contribution in [-0.4, -0.2) is 42.8 Å². The van der Waals surface area contributed by atoms with Crippen molar-refractivity contribution in [3.63, 3.8) is 0 Å². The van der Waals surface area contributed by atoms with E-state index < -0.39 is 18.1 Å². The highest BCUT2D eigenvalue weighted by Crippen LogP contribution is 2.28. The SMILES string of the molecule is CCOC(=O)[C@H](Cc1ccc(OCC)cc1OCC)N(Cc1ccccc1)C(=O)OCc1ccccc1. The van der Waals surface area contributed by atoms with E-state index >= 15 is 0 Å². The maximum atomic E-state index is 13.5. The van der Waals surface area contributed by atoms with E-state index in [0.29, 0.717) is 24.7 Å². The van der Waals surface area contributed by atoms with E-state index in [1.54, 1.807) is 13.0 Å². The van der Waals surface area contributed by atoms with Gasteiger partial charge in [0.05, 0.1) is 19.8 Å². The van der Waals surface area contributed by atoms with Gasteiger partial charge >= 0.3 is 12.1 Å². The van der Waals surface area contributed by atoms with E-state index in [0.717, 1.165) is 16.7 Å². The number of ether oxygens (including phenoxy) is 4. The van der Waals surface area contributed by atoms with Gasteiger partial charge in [-0.25, -0.2) is 9.59 Å². The molecule has 0 unspecified atom stereocenters. The molecule has 0 aliphatic carbocycles. The molecule has 0 radical (unpaired) electrons. The van der Waals surface area contributed by atoms with Crippen LogP contribution in [0, 0.1) is 0 Å². The second-order valence-corrected chi connectivity index (χ2v) is 8.26. The van der Waals surface area contributed by atoms with Crippen molar-refractivity contribution in [3.05, 3.63) is 95.6 Å². The van der Waals surface area contributed by atoms with Gasteiger partial charge in [0.25, 0.3) is 0 Å². The van der Waals surface area contributed by atoms with E-state index in [1.165, 1.54) is 4.90 Å². The van der Waals surface area contributed by atoms with Crippen LogP contribution in [0.2, 0.25) is 0 Å². The second-order valence-electron chi connectivity index (χ2n) is 8.26. The van der Waals surface area contributed by atoms with Crippen LogP contribution in [0.4, 0.5) is 4.79 Å². The molecular weight excluding hydrogens is 470 g/mol. The van der Waals surface area contributed by atoms with Crippen molar-refractivity contribution in [2.75, 3.05) is 19.8 Å². The lowest BCUT2D eigenvalue weighted by Gasteiger charge is -2.30. The molecule has 0 saturated carbocycles. The molecule has 0 aliphatic heterocycles. The number of amides is 1. The Morgan fingerprint density at radius 2 is 1.41 bits per heavy atom. The summed E-state index contributed by atoms with van der Waals surface area (Å²) in [4.78, 5) is 28.1. The predicted octanol–water partition coefficient (Wildman–Crippen LogP) is 5.80. The van der Waals surface area contributed by atoms with Crippen molar-refractivity contribution in [2.24, 2.45) is 0 Å². The van der Waals surface area contributed by atoms with Crippen molar-refractivity contribution in [3.8, 4) is 11.5 Å². The Labute approximate surface area is 218 Å². The standard InChI is InChI=1S/C30H35NO6/c1-4-34-26-18-17-25(28(20-26)35-5-2)19-27(29(32)36-6-3)31(21-23-13-9-7-10-14-23)30(33)37-22-24-15-11-8-12-16-24/h7-18,20,27H,4-6,19,21-22H2,1-3H3/t27-/m0/s1. The zero-order valence-electron chi connectivity index (χ0n) is 21.7. The molecule has 0 N–H and O–H groups in total. The zero-order chi connectivity index (χ0) is 26.5. The molecule has 0 aromatic heterocycles. The number of hydrogen-bond acceptors (Lipinski definition) is 6.